The Hall–Kier alpha value is -1.66. The Labute approximate surface area is 94.3 Å². The molecule has 0 unspecified atom stereocenters. The zero-order valence-electron chi connectivity index (χ0n) is 8.61. The first-order valence-corrected chi connectivity index (χ1v) is 6.72. The first kappa shape index (κ1) is 10.8. The molecule has 2 aromatic rings. The first-order valence-electron chi connectivity index (χ1n) is 4.95. The molecule has 0 saturated heterocycles. The average Bonchev–Trinajstić information content (AvgIpc) is 2.40. The lowest BCUT2D eigenvalue weighted by Crippen LogP contribution is -2.16. The predicted octanol–water partition coefficient (Wildman–Crippen LogP) is 2.19. The lowest BCUT2D eigenvalue weighted by Gasteiger charge is -2.11. The normalized spacial score (nSPS) is 11.0. The van der Waals surface area contributed by atoms with Gasteiger partial charge in [0.2, 0.25) is 7.14 Å². The van der Waals surface area contributed by atoms with Gasteiger partial charge in [-0.2, -0.15) is 0 Å². The Morgan fingerprint density at radius 3 is 1.44 bits per heavy atom. The topological polar surface area (TPSA) is 34.1 Å². The highest BCUT2D eigenvalue weighted by Gasteiger charge is 2.25. The fourth-order valence-corrected chi connectivity index (χ4v) is 3.34. The second-order valence-corrected chi connectivity index (χ2v) is 5.99. The van der Waals surface area contributed by atoms with Gasteiger partial charge in [0.15, 0.2) is 6.03 Å². The van der Waals surface area contributed by atoms with E-state index in [2.05, 4.69) is 0 Å². The van der Waals surface area contributed by atoms with Gasteiger partial charge in [-0.15, -0.1) is 0 Å². The summed E-state index contributed by atoms with van der Waals surface area (Å²) in [4.78, 5) is 11.2. The summed E-state index contributed by atoms with van der Waals surface area (Å²) in [5.41, 5.74) is 0. The highest BCUT2D eigenvalue weighted by atomic mass is 31.2. The standard InChI is InChI=1S/C13H11O2P/c14-11-16(15,12-7-3-1-4-8-12)13-9-5-2-6-10-13/h1-11H. The predicted molar refractivity (Wildman–Crippen MR) is 66.5 cm³/mol. The Balaban J connectivity index is 2.58. The zero-order valence-corrected chi connectivity index (χ0v) is 9.51. The summed E-state index contributed by atoms with van der Waals surface area (Å²) < 4.78 is 12.6. The molecular formula is C13H11O2P. The van der Waals surface area contributed by atoms with Gasteiger partial charge in [-0.3, -0.25) is 4.79 Å². The number of carbonyl (C=O) groups excluding carboxylic acids is 1. The molecule has 0 N–H and O–H groups in total. The lowest BCUT2D eigenvalue weighted by molar-refractivity contribution is 0.557. The highest BCUT2D eigenvalue weighted by Crippen LogP contribution is 2.39. The van der Waals surface area contributed by atoms with E-state index in [4.69, 9.17) is 0 Å². The van der Waals surface area contributed by atoms with Crippen LogP contribution in [0, 0.1) is 0 Å². The minimum atomic E-state index is -3.09. The second kappa shape index (κ2) is 4.46. The summed E-state index contributed by atoms with van der Waals surface area (Å²) in [5.74, 6) is 0. The molecule has 0 aliphatic rings. The van der Waals surface area contributed by atoms with Crippen LogP contribution in [0.15, 0.2) is 60.7 Å². The third-order valence-electron chi connectivity index (χ3n) is 2.43. The molecule has 0 aromatic heterocycles. The number of hydrogen-bond acceptors (Lipinski definition) is 2. The van der Waals surface area contributed by atoms with E-state index >= 15 is 0 Å². The van der Waals surface area contributed by atoms with Crippen LogP contribution in [0.2, 0.25) is 0 Å². The van der Waals surface area contributed by atoms with E-state index < -0.39 is 7.14 Å². The van der Waals surface area contributed by atoms with Gasteiger partial charge in [-0.25, -0.2) is 0 Å². The van der Waals surface area contributed by atoms with E-state index in [0.29, 0.717) is 16.6 Å². The van der Waals surface area contributed by atoms with E-state index in [0.717, 1.165) is 0 Å². The van der Waals surface area contributed by atoms with Crippen LogP contribution in [0.25, 0.3) is 0 Å². The molecule has 0 aliphatic heterocycles. The number of rotatable bonds is 3. The fraction of sp³-hybridized carbons (Fsp3) is 0. The Morgan fingerprint density at radius 1 is 0.750 bits per heavy atom. The summed E-state index contributed by atoms with van der Waals surface area (Å²) in [6, 6.07) is 18.3. The van der Waals surface area contributed by atoms with Crippen molar-refractivity contribution in [2.45, 2.75) is 0 Å². The number of carbonyl (C=O) groups is 1. The van der Waals surface area contributed by atoms with Crippen molar-refractivity contribution in [3.63, 3.8) is 0 Å². The van der Waals surface area contributed by atoms with Crippen molar-refractivity contribution in [3.8, 4) is 0 Å². The van der Waals surface area contributed by atoms with Crippen LogP contribution in [0.4, 0.5) is 0 Å². The third kappa shape index (κ3) is 1.84. The Morgan fingerprint density at radius 2 is 1.12 bits per heavy atom. The Kier molecular flexibility index (Phi) is 3.02. The van der Waals surface area contributed by atoms with Crippen molar-refractivity contribution in [3.05, 3.63) is 60.7 Å². The molecule has 0 radical (unpaired) electrons. The van der Waals surface area contributed by atoms with E-state index in [1.165, 1.54) is 0 Å². The molecule has 0 amide bonds. The molecule has 3 heteroatoms. The molecule has 80 valence electrons. The van der Waals surface area contributed by atoms with Crippen molar-refractivity contribution in [1.82, 2.24) is 0 Å². The van der Waals surface area contributed by atoms with Gasteiger partial charge in [0.05, 0.1) is 0 Å². The number of benzene rings is 2. The van der Waals surface area contributed by atoms with Crippen molar-refractivity contribution in [2.75, 3.05) is 0 Å². The van der Waals surface area contributed by atoms with Crippen LogP contribution in [-0.4, -0.2) is 6.03 Å². The minimum Gasteiger partial charge on any atom is -0.306 e. The quantitative estimate of drug-likeness (QED) is 0.598. The van der Waals surface area contributed by atoms with E-state index in [-0.39, 0.29) is 0 Å². The fourth-order valence-electron chi connectivity index (χ4n) is 1.57. The molecule has 0 atom stereocenters. The molecule has 0 heterocycles. The molecule has 0 fully saturated rings. The lowest BCUT2D eigenvalue weighted by atomic mass is 10.4. The average molecular weight is 230 g/mol. The summed E-state index contributed by atoms with van der Waals surface area (Å²) in [6.45, 7) is 0. The van der Waals surface area contributed by atoms with Gasteiger partial charge in [0.25, 0.3) is 0 Å². The maximum atomic E-state index is 12.6. The summed E-state index contributed by atoms with van der Waals surface area (Å²) in [7, 11) is -3.09. The highest BCUT2D eigenvalue weighted by molar-refractivity contribution is 7.91. The molecule has 0 aliphatic carbocycles. The largest absolute Gasteiger partial charge is 0.306 e. The molecule has 0 spiro atoms. The summed E-state index contributed by atoms with van der Waals surface area (Å²) >= 11 is 0. The molecule has 0 saturated carbocycles. The van der Waals surface area contributed by atoms with E-state index in [1.807, 2.05) is 12.1 Å². The monoisotopic (exact) mass is 230 g/mol. The SMILES string of the molecule is O=CP(=O)(c1ccccc1)c1ccccc1. The van der Waals surface area contributed by atoms with Gasteiger partial charge < -0.3 is 4.57 Å². The van der Waals surface area contributed by atoms with Crippen LogP contribution < -0.4 is 10.6 Å². The molecule has 2 nitrogen and oxygen atoms in total. The van der Waals surface area contributed by atoms with Crippen LogP contribution in [0.1, 0.15) is 0 Å². The Bertz CT molecular complexity index is 477. The summed E-state index contributed by atoms with van der Waals surface area (Å²) in [6.07, 6.45) is 0. The van der Waals surface area contributed by atoms with Crippen LogP contribution in [0.5, 0.6) is 0 Å². The van der Waals surface area contributed by atoms with Crippen molar-refractivity contribution < 1.29 is 9.36 Å². The van der Waals surface area contributed by atoms with Crippen molar-refractivity contribution >= 4 is 23.8 Å². The molecular weight excluding hydrogens is 219 g/mol. The van der Waals surface area contributed by atoms with Crippen molar-refractivity contribution in [1.29, 1.82) is 0 Å². The smallest absolute Gasteiger partial charge is 0.201 e. The van der Waals surface area contributed by atoms with E-state index in [9.17, 15) is 9.36 Å². The molecule has 0 bridgehead atoms. The van der Waals surface area contributed by atoms with Gasteiger partial charge >= 0.3 is 0 Å². The zero-order chi connectivity index (χ0) is 11.4. The van der Waals surface area contributed by atoms with Crippen LogP contribution in [-0.2, 0) is 9.36 Å². The maximum Gasteiger partial charge on any atom is 0.201 e. The molecule has 16 heavy (non-hydrogen) atoms. The van der Waals surface area contributed by atoms with Gasteiger partial charge in [-0.05, 0) is 0 Å². The van der Waals surface area contributed by atoms with Crippen molar-refractivity contribution in [2.24, 2.45) is 0 Å². The molecule has 2 rings (SSSR count). The third-order valence-corrected chi connectivity index (χ3v) is 4.86. The van der Waals surface area contributed by atoms with Gasteiger partial charge in [0.1, 0.15) is 0 Å². The number of hydrogen-bond donors (Lipinski definition) is 0. The molecule has 2 aromatic carbocycles. The van der Waals surface area contributed by atoms with E-state index in [1.54, 1.807) is 48.5 Å². The van der Waals surface area contributed by atoms with Gasteiger partial charge in [0, 0.05) is 10.6 Å². The first-order chi connectivity index (χ1) is 7.77. The minimum absolute atomic E-state index is 0.567. The van der Waals surface area contributed by atoms with Crippen LogP contribution >= 0.6 is 7.14 Å². The van der Waals surface area contributed by atoms with Crippen LogP contribution in [0.3, 0.4) is 0 Å². The van der Waals surface area contributed by atoms with Gasteiger partial charge in [-0.1, -0.05) is 60.7 Å². The second-order valence-electron chi connectivity index (χ2n) is 3.43. The summed E-state index contributed by atoms with van der Waals surface area (Å²) in [5, 5.41) is 1.16. The maximum absolute atomic E-state index is 12.6.